The first kappa shape index (κ1) is 20.1. The van der Waals surface area contributed by atoms with E-state index in [0.717, 1.165) is 28.8 Å². The van der Waals surface area contributed by atoms with Crippen LogP contribution in [0.3, 0.4) is 0 Å². The number of aryl methyl sites for hydroxylation is 4. The molecule has 2 aromatic rings. The summed E-state index contributed by atoms with van der Waals surface area (Å²) in [6, 6.07) is 0. The molecule has 0 aliphatic heterocycles. The summed E-state index contributed by atoms with van der Waals surface area (Å²) in [5.74, 6) is -0.102. The van der Waals surface area contributed by atoms with Gasteiger partial charge < -0.3 is 5.32 Å². The highest BCUT2D eigenvalue weighted by Gasteiger charge is 2.21. The number of halogens is 1. The molecular weight excluding hydrogens is 404 g/mol. The van der Waals surface area contributed by atoms with Crippen LogP contribution in [-0.4, -0.2) is 36.9 Å². The predicted molar refractivity (Wildman–Crippen MR) is 100 cm³/mol. The Morgan fingerprint density at radius 2 is 1.73 bits per heavy atom. The molecule has 2 heterocycles. The molecular formula is C16H23BrN6O3. The topological polar surface area (TPSA) is 108 Å². The average Bonchev–Trinajstić information content (AvgIpc) is 2.99. The molecule has 0 spiro atoms. The second kappa shape index (κ2) is 8.43. The Balaban J connectivity index is 1.77. The minimum Gasteiger partial charge on any atom is -0.356 e. The van der Waals surface area contributed by atoms with E-state index in [4.69, 9.17) is 0 Å². The van der Waals surface area contributed by atoms with E-state index in [1.54, 1.807) is 13.8 Å². The molecule has 2 aromatic heterocycles. The zero-order chi connectivity index (χ0) is 19.4. The maximum absolute atomic E-state index is 12.0. The Labute approximate surface area is 160 Å². The number of carbonyl (C=O) groups excluding carboxylic acids is 1. The van der Waals surface area contributed by atoms with Crippen molar-refractivity contribution in [2.75, 3.05) is 6.54 Å². The van der Waals surface area contributed by atoms with E-state index in [1.165, 1.54) is 4.68 Å². The lowest BCUT2D eigenvalue weighted by Crippen LogP contribution is -2.26. The molecule has 1 N–H and O–H groups in total. The number of aromatic nitrogens is 4. The molecule has 0 aliphatic carbocycles. The van der Waals surface area contributed by atoms with Crippen LogP contribution in [-0.2, 0) is 17.9 Å². The summed E-state index contributed by atoms with van der Waals surface area (Å²) < 4.78 is 4.45. The van der Waals surface area contributed by atoms with Crippen molar-refractivity contribution in [3.05, 3.63) is 37.4 Å². The summed E-state index contributed by atoms with van der Waals surface area (Å²) in [5, 5.41) is 22.4. The highest BCUT2D eigenvalue weighted by Crippen LogP contribution is 2.22. The minimum absolute atomic E-state index is 0.0152. The molecule has 26 heavy (non-hydrogen) atoms. The Kier molecular flexibility index (Phi) is 6.52. The zero-order valence-electron chi connectivity index (χ0n) is 15.4. The highest BCUT2D eigenvalue weighted by atomic mass is 79.9. The molecule has 10 heteroatoms. The third kappa shape index (κ3) is 4.48. The molecule has 9 nitrogen and oxygen atoms in total. The van der Waals surface area contributed by atoms with Gasteiger partial charge in [-0.15, -0.1) is 0 Å². The van der Waals surface area contributed by atoms with Crippen molar-refractivity contribution in [3.8, 4) is 0 Å². The lowest BCUT2D eigenvalue weighted by molar-refractivity contribution is -0.386. The molecule has 2 rings (SSSR count). The smallest absolute Gasteiger partial charge is 0.312 e. The van der Waals surface area contributed by atoms with Gasteiger partial charge in [-0.1, -0.05) is 0 Å². The Bertz CT molecular complexity index is 827. The zero-order valence-corrected chi connectivity index (χ0v) is 17.0. The first-order valence-corrected chi connectivity index (χ1v) is 9.16. The molecule has 0 fully saturated rings. The minimum atomic E-state index is -0.439. The molecule has 0 radical (unpaired) electrons. The Hall–Kier alpha value is -2.23. The summed E-state index contributed by atoms with van der Waals surface area (Å²) in [5.41, 5.74) is 2.87. The van der Waals surface area contributed by atoms with Crippen molar-refractivity contribution in [3.63, 3.8) is 0 Å². The van der Waals surface area contributed by atoms with Gasteiger partial charge in [0.1, 0.15) is 11.4 Å². The van der Waals surface area contributed by atoms with Gasteiger partial charge in [0.25, 0.3) is 0 Å². The van der Waals surface area contributed by atoms with Gasteiger partial charge in [-0.25, -0.2) is 0 Å². The maximum Gasteiger partial charge on any atom is 0.312 e. The lowest BCUT2D eigenvalue weighted by atomic mass is 10.3. The number of hydrogen-bond acceptors (Lipinski definition) is 5. The fraction of sp³-hybridized carbons (Fsp3) is 0.562. The fourth-order valence-corrected chi connectivity index (χ4v) is 3.10. The van der Waals surface area contributed by atoms with Crippen LogP contribution in [0, 0.1) is 37.8 Å². The lowest BCUT2D eigenvalue weighted by Gasteiger charge is -2.07. The van der Waals surface area contributed by atoms with Gasteiger partial charge in [-0.3, -0.25) is 24.3 Å². The third-order valence-corrected chi connectivity index (χ3v) is 5.39. The number of nitro groups is 1. The molecule has 0 saturated carbocycles. The van der Waals surface area contributed by atoms with Gasteiger partial charge in [0.15, 0.2) is 0 Å². The van der Waals surface area contributed by atoms with Crippen LogP contribution in [0.2, 0.25) is 0 Å². The van der Waals surface area contributed by atoms with Crippen LogP contribution in [0.15, 0.2) is 4.47 Å². The van der Waals surface area contributed by atoms with Gasteiger partial charge in [0, 0.05) is 25.2 Å². The number of rotatable bonds is 8. The second-order valence-corrected chi connectivity index (χ2v) is 6.95. The van der Waals surface area contributed by atoms with Crippen molar-refractivity contribution in [1.82, 2.24) is 24.9 Å². The van der Waals surface area contributed by atoms with E-state index in [0.29, 0.717) is 24.5 Å². The van der Waals surface area contributed by atoms with Crippen LogP contribution >= 0.6 is 15.9 Å². The molecule has 1 amide bonds. The van der Waals surface area contributed by atoms with Gasteiger partial charge in [-0.2, -0.15) is 10.2 Å². The first-order chi connectivity index (χ1) is 12.2. The summed E-state index contributed by atoms with van der Waals surface area (Å²) in [7, 11) is 0. The average molecular weight is 427 g/mol. The van der Waals surface area contributed by atoms with E-state index in [-0.39, 0.29) is 18.0 Å². The monoisotopic (exact) mass is 426 g/mol. The molecule has 142 valence electrons. The number of nitrogens with zero attached hydrogens (tertiary/aromatic N) is 5. The number of amides is 1. The van der Waals surface area contributed by atoms with E-state index in [9.17, 15) is 14.9 Å². The molecule has 0 aliphatic rings. The van der Waals surface area contributed by atoms with Crippen LogP contribution in [0.1, 0.15) is 35.6 Å². The van der Waals surface area contributed by atoms with Crippen molar-refractivity contribution >= 4 is 27.5 Å². The Morgan fingerprint density at radius 1 is 1.12 bits per heavy atom. The summed E-state index contributed by atoms with van der Waals surface area (Å²) in [4.78, 5) is 22.5. The second-order valence-electron chi connectivity index (χ2n) is 6.16. The number of hydrogen-bond donors (Lipinski definition) is 1. The first-order valence-electron chi connectivity index (χ1n) is 8.37. The van der Waals surface area contributed by atoms with Crippen molar-refractivity contribution in [2.24, 2.45) is 0 Å². The summed E-state index contributed by atoms with van der Waals surface area (Å²) >= 11 is 3.49. The normalized spacial score (nSPS) is 11.0. The van der Waals surface area contributed by atoms with Crippen molar-refractivity contribution in [2.45, 2.75) is 53.6 Å². The van der Waals surface area contributed by atoms with Crippen LogP contribution in [0.4, 0.5) is 5.69 Å². The van der Waals surface area contributed by atoms with E-state index >= 15 is 0 Å². The number of carbonyl (C=O) groups is 1. The van der Waals surface area contributed by atoms with Crippen molar-refractivity contribution in [1.29, 1.82) is 0 Å². The third-order valence-electron chi connectivity index (χ3n) is 4.24. The predicted octanol–water partition coefficient (Wildman–Crippen LogP) is 2.58. The Morgan fingerprint density at radius 3 is 2.27 bits per heavy atom. The quantitative estimate of drug-likeness (QED) is 0.396. The highest BCUT2D eigenvalue weighted by molar-refractivity contribution is 9.10. The van der Waals surface area contributed by atoms with Gasteiger partial charge in [0.2, 0.25) is 5.91 Å². The number of nitrogens with one attached hydrogen (secondary N) is 1. The van der Waals surface area contributed by atoms with E-state index in [1.807, 2.05) is 18.5 Å². The van der Waals surface area contributed by atoms with E-state index < -0.39 is 4.92 Å². The van der Waals surface area contributed by atoms with Crippen LogP contribution in [0.5, 0.6) is 0 Å². The van der Waals surface area contributed by atoms with Crippen LogP contribution < -0.4 is 5.32 Å². The summed E-state index contributed by atoms with van der Waals surface area (Å²) in [6.07, 6.45) is 0.996. The largest absolute Gasteiger partial charge is 0.356 e. The van der Waals surface area contributed by atoms with Crippen molar-refractivity contribution < 1.29 is 9.72 Å². The molecule has 0 aromatic carbocycles. The van der Waals surface area contributed by atoms with Crippen LogP contribution in [0.25, 0.3) is 0 Å². The standard InChI is InChI=1S/C16H23BrN6O3/c1-10-15(17)12(3)21(19-10)8-5-7-18-14(24)6-9-22-13(4)16(23(25)26)11(2)20-22/h5-9H2,1-4H3,(H,18,24). The molecule has 0 unspecified atom stereocenters. The van der Waals surface area contributed by atoms with Gasteiger partial charge in [-0.05, 0) is 50.0 Å². The fourth-order valence-electron chi connectivity index (χ4n) is 2.81. The van der Waals surface area contributed by atoms with Gasteiger partial charge >= 0.3 is 5.69 Å². The molecule has 0 bridgehead atoms. The van der Waals surface area contributed by atoms with E-state index in [2.05, 4.69) is 31.4 Å². The molecule has 0 atom stereocenters. The summed E-state index contributed by atoms with van der Waals surface area (Å²) in [6.45, 7) is 8.77. The maximum atomic E-state index is 12.0. The SMILES string of the molecule is Cc1nn(CCCNC(=O)CCn2nc(C)c([N+](=O)[O-])c2C)c(C)c1Br. The molecule has 0 saturated heterocycles. The van der Waals surface area contributed by atoms with Gasteiger partial charge in [0.05, 0.1) is 21.6 Å².